The summed E-state index contributed by atoms with van der Waals surface area (Å²) in [5, 5.41) is 2.78. The fourth-order valence-electron chi connectivity index (χ4n) is 1.23. The van der Waals surface area contributed by atoms with E-state index in [0.29, 0.717) is 25.9 Å². The topological polar surface area (TPSA) is 68.0 Å². The van der Waals surface area contributed by atoms with E-state index in [1.165, 1.54) is 0 Å². The second-order valence-electron chi connectivity index (χ2n) is 3.33. The normalized spacial score (nSPS) is 10.6. The van der Waals surface area contributed by atoms with Gasteiger partial charge in [-0.1, -0.05) is 18.2 Å². The molecule has 0 bridgehead atoms. The Bertz CT molecular complexity index is 335. The van der Waals surface area contributed by atoms with Crippen molar-refractivity contribution in [2.45, 2.75) is 12.8 Å². The first-order valence-electron chi connectivity index (χ1n) is 5.34. The highest BCUT2D eigenvalue weighted by atomic mass is 16.1. The van der Waals surface area contributed by atoms with E-state index in [1.54, 1.807) is 6.20 Å². The molecule has 0 aliphatic heterocycles. The molecule has 86 valence electrons. The van der Waals surface area contributed by atoms with Gasteiger partial charge >= 0.3 is 0 Å². The number of carbonyl (C=O) groups excluding carboxylic acids is 1. The lowest BCUT2D eigenvalue weighted by Gasteiger charge is -2.01. The molecule has 0 saturated heterocycles. The third-order valence-corrected chi connectivity index (χ3v) is 2.05. The van der Waals surface area contributed by atoms with Crippen LogP contribution in [0.4, 0.5) is 0 Å². The largest absolute Gasteiger partial charge is 0.353 e. The molecule has 0 aromatic carbocycles. The lowest BCUT2D eigenvalue weighted by molar-refractivity contribution is -0.120. The van der Waals surface area contributed by atoms with Crippen LogP contribution in [0.3, 0.4) is 0 Å². The average Bonchev–Trinajstić information content (AvgIpc) is 2.33. The minimum atomic E-state index is 0.0346. The molecular formula is C12H17N3O. The summed E-state index contributed by atoms with van der Waals surface area (Å²) in [6.07, 6.45) is 6.54. The summed E-state index contributed by atoms with van der Waals surface area (Å²) in [4.78, 5) is 15.5. The SMILES string of the molecule is NC/C=C/CNC(=O)CCc1ccccn1. The fourth-order valence-corrected chi connectivity index (χ4v) is 1.23. The first-order valence-corrected chi connectivity index (χ1v) is 5.34. The average molecular weight is 219 g/mol. The Hall–Kier alpha value is -1.68. The van der Waals surface area contributed by atoms with Gasteiger partial charge in [-0.25, -0.2) is 0 Å². The number of hydrogen-bond acceptors (Lipinski definition) is 3. The Labute approximate surface area is 95.6 Å². The van der Waals surface area contributed by atoms with Gasteiger partial charge in [0.25, 0.3) is 0 Å². The van der Waals surface area contributed by atoms with Crippen LogP contribution in [-0.2, 0) is 11.2 Å². The minimum Gasteiger partial charge on any atom is -0.353 e. The van der Waals surface area contributed by atoms with E-state index in [4.69, 9.17) is 5.73 Å². The molecule has 4 heteroatoms. The zero-order valence-electron chi connectivity index (χ0n) is 9.23. The maximum absolute atomic E-state index is 11.4. The van der Waals surface area contributed by atoms with Crippen LogP contribution >= 0.6 is 0 Å². The van der Waals surface area contributed by atoms with Crippen LogP contribution in [0.15, 0.2) is 36.5 Å². The van der Waals surface area contributed by atoms with Crippen LogP contribution in [0.2, 0.25) is 0 Å². The second kappa shape index (κ2) is 7.59. The number of nitrogens with two attached hydrogens (primary N) is 1. The molecule has 0 saturated carbocycles. The number of aromatic nitrogens is 1. The maximum atomic E-state index is 11.4. The lowest BCUT2D eigenvalue weighted by atomic mass is 10.2. The van der Waals surface area contributed by atoms with Crippen molar-refractivity contribution in [3.63, 3.8) is 0 Å². The number of aryl methyl sites for hydroxylation is 1. The van der Waals surface area contributed by atoms with Gasteiger partial charge in [0.1, 0.15) is 0 Å². The maximum Gasteiger partial charge on any atom is 0.220 e. The smallest absolute Gasteiger partial charge is 0.220 e. The molecule has 0 spiro atoms. The number of amides is 1. The summed E-state index contributed by atoms with van der Waals surface area (Å²) >= 11 is 0. The Balaban J connectivity index is 2.18. The zero-order valence-corrected chi connectivity index (χ0v) is 9.23. The van der Waals surface area contributed by atoms with Gasteiger partial charge in [0.15, 0.2) is 0 Å². The second-order valence-corrected chi connectivity index (χ2v) is 3.33. The van der Waals surface area contributed by atoms with Crippen molar-refractivity contribution in [1.29, 1.82) is 0 Å². The van der Waals surface area contributed by atoms with E-state index < -0.39 is 0 Å². The van der Waals surface area contributed by atoms with E-state index in [0.717, 1.165) is 5.69 Å². The van der Waals surface area contributed by atoms with Gasteiger partial charge < -0.3 is 11.1 Å². The van der Waals surface area contributed by atoms with Gasteiger partial charge in [0.05, 0.1) is 0 Å². The van der Waals surface area contributed by atoms with Crippen LogP contribution in [0.25, 0.3) is 0 Å². The molecule has 1 heterocycles. The summed E-state index contributed by atoms with van der Waals surface area (Å²) in [7, 11) is 0. The van der Waals surface area contributed by atoms with Gasteiger partial charge in [-0.05, 0) is 18.6 Å². The molecule has 0 radical (unpaired) electrons. The van der Waals surface area contributed by atoms with Crippen molar-refractivity contribution in [1.82, 2.24) is 10.3 Å². The first kappa shape index (κ1) is 12.4. The third-order valence-electron chi connectivity index (χ3n) is 2.05. The molecule has 1 aromatic rings. The van der Waals surface area contributed by atoms with Gasteiger partial charge in [-0.15, -0.1) is 0 Å². The molecule has 4 nitrogen and oxygen atoms in total. The van der Waals surface area contributed by atoms with Crippen LogP contribution in [0.5, 0.6) is 0 Å². The number of nitrogens with one attached hydrogen (secondary N) is 1. The molecule has 1 rings (SSSR count). The Morgan fingerprint density at radius 3 is 3.00 bits per heavy atom. The Morgan fingerprint density at radius 1 is 1.44 bits per heavy atom. The van der Waals surface area contributed by atoms with Gasteiger partial charge in [-0.3, -0.25) is 9.78 Å². The molecule has 0 aliphatic rings. The highest BCUT2D eigenvalue weighted by molar-refractivity contribution is 5.76. The van der Waals surface area contributed by atoms with Gasteiger partial charge in [-0.2, -0.15) is 0 Å². The van der Waals surface area contributed by atoms with Crippen molar-refractivity contribution in [2.75, 3.05) is 13.1 Å². The third kappa shape index (κ3) is 5.26. The van der Waals surface area contributed by atoms with Gasteiger partial charge in [0.2, 0.25) is 5.91 Å². The van der Waals surface area contributed by atoms with Crippen molar-refractivity contribution in [3.05, 3.63) is 42.2 Å². The quantitative estimate of drug-likeness (QED) is 0.690. The monoisotopic (exact) mass is 219 g/mol. The number of rotatable bonds is 6. The van der Waals surface area contributed by atoms with Crippen molar-refractivity contribution in [2.24, 2.45) is 5.73 Å². The summed E-state index contributed by atoms with van der Waals surface area (Å²) < 4.78 is 0. The zero-order chi connectivity index (χ0) is 11.6. The van der Waals surface area contributed by atoms with E-state index >= 15 is 0 Å². The number of carbonyl (C=O) groups is 1. The molecule has 16 heavy (non-hydrogen) atoms. The molecule has 0 unspecified atom stereocenters. The van der Waals surface area contributed by atoms with E-state index in [1.807, 2.05) is 30.4 Å². The van der Waals surface area contributed by atoms with Crippen LogP contribution in [0.1, 0.15) is 12.1 Å². The highest BCUT2D eigenvalue weighted by Gasteiger charge is 2.00. The number of nitrogens with zero attached hydrogens (tertiary/aromatic N) is 1. The summed E-state index contributed by atoms with van der Waals surface area (Å²) in [5.74, 6) is 0.0346. The van der Waals surface area contributed by atoms with Crippen LogP contribution in [-0.4, -0.2) is 24.0 Å². The number of pyridine rings is 1. The minimum absolute atomic E-state index is 0.0346. The van der Waals surface area contributed by atoms with Crippen LogP contribution in [0, 0.1) is 0 Å². The molecule has 0 fully saturated rings. The predicted octanol–water partition coefficient (Wildman–Crippen LogP) is 0.645. The first-order chi connectivity index (χ1) is 7.83. The highest BCUT2D eigenvalue weighted by Crippen LogP contribution is 1.97. The number of hydrogen-bond donors (Lipinski definition) is 2. The van der Waals surface area contributed by atoms with Crippen molar-refractivity contribution < 1.29 is 4.79 Å². The van der Waals surface area contributed by atoms with E-state index in [2.05, 4.69) is 10.3 Å². The summed E-state index contributed by atoms with van der Waals surface area (Å²) in [6.45, 7) is 1.04. The lowest BCUT2D eigenvalue weighted by Crippen LogP contribution is -2.23. The molecule has 3 N–H and O–H groups in total. The molecule has 0 aliphatic carbocycles. The van der Waals surface area contributed by atoms with E-state index in [-0.39, 0.29) is 5.91 Å². The van der Waals surface area contributed by atoms with E-state index in [9.17, 15) is 4.79 Å². The fraction of sp³-hybridized carbons (Fsp3) is 0.333. The van der Waals surface area contributed by atoms with Gasteiger partial charge in [0, 0.05) is 31.4 Å². The molecule has 1 amide bonds. The Morgan fingerprint density at radius 2 is 2.31 bits per heavy atom. The molecule has 1 aromatic heterocycles. The molecule has 0 atom stereocenters. The Kier molecular flexibility index (Phi) is 5.88. The summed E-state index contributed by atoms with van der Waals surface area (Å²) in [6, 6.07) is 5.70. The van der Waals surface area contributed by atoms with Crippen molar-refractivity contribution >= 4 is 5.91 Å². The molecular weight excluding hydrogens is 202 g/mol. The standard InChI is InChI=1S/C12H17N3O/c13-8-2-4-10-15-12(16)7-6-11-5-1-3-9-14-11/h1-5,9H,6-8,10,13H2,(H,15,16)/b4-2+. The summed E-state index contributed by atoms with van der Waals surface area (Å²) in [5.41, 5.74) is 6.21. The van der Waals surface area contributed by atoms with Crippen LogP contribution < -0.4 is 11.1 Å². The predicted molar refractivity (Wildman–Crippen MR) is 63.8 cm³/mol. The van der Waals surface area contributed by atoms with Crippen molar-refractivity contribution in [3.8, 4) is 0 Å².